The van der Waals surface area contributed by atoms with Crippen LogP contribution in [0.5, 0.6) is 0 Å². The molecule has 1 aromatic heterocycles. The average molecular weight is 357 g/mol. The van der Waals surface area contributed by atoms with Crippen LogP contribution in [0.25, 0.3) is 10.9 Å². The van der Waals surface area contributed by atoms with Crippen molar-refractivity contribution in [3.63, 3.8) is 0 Å². The predicted octanol–water partition coefficient (Wildman–Crippen LogP) is 5.83. The summed E-state index contributed by atoms with van der Waals surface area (Å²) in [6, 6.07) is 4.46. The summed E-state index contributed by atoms with van der Waals surface area (Å²) >= 11 is 0. The van der Waals surface area contributed by atoms with Crippen LogP contribution in [0, 0.1) is 19.8 Å². The number of aryl methyl sites for hydroxylation is 2. The summed E-state index contributed by atoms with van der Waals surface area (Å²) in [6.45, 7) is 9.37. The minimum absolute atomic E-state index is 0.171. The summed E-state index contributed by atoms with van der Waals surface area (Å²) in [6.07, 6.45) is 11.2. The van der Waals surface area contributed by atoms with Crippen LogP contribution in [-0.4, -0.2) is 17.4 Å². The lowest BCUT2D eigenvalue weighted by molar-refractivity contribution is -0.125. The number of fused-ring (bicyclic) bond motifs is 1. The van der Waals surface area contributed by atoms with Crippen molar-refractivity contribution in [2.75, 3.05) is 6.54 Å². The van der Waals surface area contributed by atoms with Gasteiger partial charge in [-0.15, -0.1) is 0 Å². The number of amides is 1. The Morgan fingerprint density at radius 2 is 1.81 bits per heavy atom. The summed E-state index contributed by atoms with van der Waals surface area (Å²) in [5.74, 6) is 0.402. The van der Waals surface area contributed by atoms with Gasteiger partial charge in [-0.05, 0) is 61.9 Å². The van der Waals surface area contributed by atoms with Crippen molar-refractivity contribution in [3.05, 3.63) is 35.0 Å². The molecule has 1 aromatic carbocycles. The van der Waals surface area contributed by atoms with Gasteiger partial charge in [0, 0.05) is 29.6 Å². The van der Waals surface area contributed by atoms with Crippen molar-refractivity contribution in [2.24, 2.45) is 5.92 Å². The van der Waals surface area contributed by atoms with Gasteiger partial charge in [0.2, 0.25) is 5.91 Å². The van der Waals surface area contributed by atoms with Gasteiger partial charge in [-0.25, -0.2) is 0 Å². The molecule has 2 N–H and O–H groups in total. The van der Waals surface area contributed by atoms with Crippen molar-refractivity contribution in [3.8, 4) is 0 Å². The maximum absolute atomic E-state index is 12.5. The molecule has 1 atom stereocenters. The smallest absolute Gasteiger partial charge is 0.223 e. The number of carbonyl (C=O) groups is 1. The van der Waals surface area contributed by atoms with Crippen LogP contribution in [0.2, 0.25) is 0 Å². The van der Waals surface area contributed by atoms with E-state index in [1.54, 1.807) is 0 Å². The van der Waals surface area contributed by atoms with E-state index in [0.29, 0.717) is 6.54 Å². The van der Waals surface area contributed by atoms with Crippen LogP contribution in [0.15, 0.2) is 18.3 Å². The highest BCUT2D eigenvalue weighted by Gasteiger charge is 2.15. The molecule has 0 saturated heterocycles. The van der Waals surface area contributed by atoms with Gasteiger partial charge in [0.1, 0.15) is 0 Å². The zero-order chi connectivity index (χ0) is 18.9. The van der Waals surface area contributed by atoms with Crippen molar-refractivity contribution in [2.45, 2.75) is 79.1 Å². The fourth-order valence-corrected chi connectivity index (χ4v) is 3.63. The molecule has 1 heterocycles. The second kappa shape index (κ2) is 10.4. The second-order valence-electron chi connectivity index (χ2n) is 7.65. The number of aromatic amines is 1. The molecule has 0 aliphatic rings. The normalized spacial score (nSPS) is 12.5. The number of unbranched alkanes of at least 4 members (excludes halogenated alkanes) is 4. The van der Waals surface area contributed by atoms with Crippen molar-refractivity contribution >= 4 is 16.8 Å². The van der Waals surface area contributed by atoms with Crippen molar-refractivity contribution in [1.82, 2.24) is 10.3 Å². The Morgan fingerprint density at radius 1 is 1.08 bits per heavy atom. The molecule has 0 fully saturated rings. The summed E-state index contributed by atoms with van der Waals surface area (Å²) in [7, 11) is 0. The Balaban J connectivity index is 1.80. The first-order chi connectivity index (χ1) is 12.6. The van der Waals surface area contributed by atoms with Crippen LogP contribution in [0.4, 0.5) is 0 Å². The summed E-state index contributed by atoms with van der Waals surface area (Å²) < 4.78 is 0. The number of aromatic nitrogens is 1. The highest BCUT2D eigenvalue weighted by atomic mass is 16.1. The molecule has 0 spiro atoms. The van der Waals surface area contributed by atoms with E-state index in [1.165, 1.54) is 59.7 Å². The van der Waals surface area contributed by atoms with Crippen LogP contribution >= 0.6 is 0 Å². The van der Waals surface area contributed by atoms with E-state index in [1.807, 2.05) is 0 Å². The van der Waals surface area contributed by atoms with Gasteiger partial charge in [0.15, 0.2) is 0 Å². The van der Waals surface area contributed by atoms with Crippen LogP contribution < -0.4 is 5.32 Å². The van der Waals surface area contributed by atoms with E-state index >= 15 is 0 Å². The molecule has 3 nitrogen and oxygen atoms in total. The van der Waals surface area contributed by atoms with Crippen LogP contribution in [-0.2, 0) is 11.2 Å². The van der Waals surface area contributed by atoms with Gasteiger partial charge < -0.3 is 10.3 Å². The third-order valence-corrected chi connectivity index (χ3v) is 5.60. The number of nitrogens with one attached hydrogen (secondary N) is 2. The number of carbonyl (C=O) groups excluding carboxylic acids is 1. The standard InChI is InChI=1S/C23H36N2O/c1-5-7-8-9-10-11-19(6-2)23(26)24-13-12-20-16-25-22-15-18(4)17(3)14-21(20)22/h14-16,19,25H,5-13H2,1-4H3,(H,24,26). The number of hydrogen-bond acceptors (Lipinski definition) is 1. The number of hydrogen-bond donors (Lipinski definition) is 2. The molecule has 0 saturated carbocycles. The highest BCUT2D eigenvalue weighted by Crippen LogP contribution is 2.22. The SMILES string of the molecule is CCCCCCCC(CC)C(=O)NCCc1c[nH]c2cc(C)c(C)cc12. The van der Waals surface area contributed by atoms with Crippen molar-refractivity contribution in [1.29, 1.82) is 0 Å². The molecule has 0 bridgehead atoms. The lowest BCUT2D eigenvalue weighted by atomic mass is 9.97. The van der Waals surface area contributed by atoms with Crippen molar-refractivity contribution < 1.29 is 4.79 Å². The first-order valence-corrected chi connectivity index (χ1v) is 10.4. The van der Waals surface area contributed by atoms with Gasteiger partial charge in [-0.2, -0.15) is 0 Å². The first kappa shape index (κ1) is 20.5. The van der Waals surface area contributed by atoms with Crippen LogP contribution in [0.1, 0.15) is 75.5 Å². The lowest BCUT2D eigenvalue weighted by Gasteiger charge is -2.15. The molecule has 2 rings (SSSR count). The fourth-order valence-electron chi connectivity index (χ4n) is 3.63. The third-order valence-electron chi connectivity index (χ3n) is 5.60. The molecular weight excluding hydrogens is 320 g/mol. The second-order valence-corrected chi connectivity index (χ2v) is 7.65. The summed E-state index contributed by atoms with van der Waals surface area (Å²) in [4.78, 5) is 15.8. The quantitative estimate of drug-likeness (QED) is 0.489. The maximum Gasteiger partial charge on any atom is 0.223 e. The zero-order valence-electron chi connectivity index (χ0n) is 17.1. The highest BCUT2D eigenvalue weighted by molar-refractivity contribution is 5.85. The van der Waals surface area contributed by atoms with E-state index in [9.17, 15) is 4.79 Å². The Hall–Kier alpha value is -1.77. The van der Waals surface area contributed by atoms with E-state index < -0.39 is 0 Å². The van der Waals surface area contributed by atoms with Gasteiger partial charge in [0.25, 0.3) is 0 Å². The molecule has 3 heteroatoms. The molecule has 26 heavy (non-hydrogen) atoms. The Labute approximate surface area is 159 Å². The number of benzene rings is 1. The minimum Gasteiger partial charge on any atom is -0.361 e. The Morgan fingerprint density at radius 3 is 2.54 bits per heavy atom. The number of rotatable bonds is 11. The van der Waals surface area contributed by atoms with E-state index in [2.05, 4.69) is 56.3 Å². The van der Waals surface area contributed by atoms with E-state index in [-0.39, 0.29) is 11.8 Å². The molecule has 0 aliphatic heterocycles. The predicted molar refractivity (Wildman–Crippen MR) is 112 cm³/mol. The average Bonchev–Trinajstić information content (AvgIpc) is 3.00. The largest absolute Gasteiger partial charge is 0.361 e. The van der Waals surface area contributed by atoms with Gasteiger partial charge >= 0.3 is 0 Å². The first-order valence-electron chi connectivity index (χ1n) is 10.4. The molecule has 1 unspecified atom stereocenters. The molecule has 0 aliphatic carbocycles. The monoisotopic (exact) mass is 356 g/mol. The Bertz CT molecular complexity index is 702. The van der Waals surface area contributed by atoms with Gasteiger partial charge in [0.05, 0.1) is 0 Å². The molecule has 0 radical (unpaired) electrons. The summed E-state index contributed by atoms with van der Waals surface area (Å²) in [5.41, 5.74) is 5.10. The minimum atomic E-state index is 0.171. The molecule has 144 valence electrons. The third kappa shape index (κ3) is 5.62. The summed E-state index contributed by atoms with van der Waals surface area (Å²) in [5, 5.41) is 4.44. The Kier molecular flexibility index (Phi) is 8.21. The van der Waals surface area contributed by atoms with Gasteiger partial charge in [-0.1, -0.05) is 46.0 Å². The molecule has 1 amide bonds. The topological polar surface area (TPSA) is 44.9 Å². The molecular formula is C23H36N2O. The van der Waals surface area contributed by atoms with Crippen LogP contribution in [0.3, 0.4) is 0 Å². The zero-order valence-corrected chi connectivity index (χ0v) is 17.1. The molecule has 2 aromatic rings. The van der Waals surface area contributed by atoms with E-state index in [4.69, 9.17) is 0 Å². The maximum atomic E-state index is 12.5. The number of H-pyrrole nitrogens is 1. The lowest BCUT2D eigenvalue weighted by Crippen LogP contribution is -2.32. The fraction of sp³-hybridized carbons (Fsp3) is 0.609. The van der Waals surface area contributed by atoms with E-state index in [0.717, 1.165) is 19.3 Å². The van der Waals surface area contributed by atoms with Gasteiger partial charge in [-0.3, -0.25) is 4.79 Å².